The number of benzene rings is 1. The lowest BCUT2D eigenvalue weighted by molar-refractivity contribution is -0.151. The Bertz CT molecular complexity index is 480. The molecule has 0 heterocycles. The highest BCUT2D eigenvalue weighted by atomic mass is 16.5. The molecule has 0 radical (unpaired) electrons. The van der Waals surface area contributed by atoms with Gasteiger partial charge in [0, 0.05) is 6.04 Å². The largest absolute Gasteiger partial charge is 0.464 e. The average molecular weight is 289 g/mol. The predicted octanol–water partition coefficient (Wildman–Crippen LogP) is 3.70. The van der Waals surface area contributed by atoms with E-state index in [1.165, 1.54) is 19.3 Å². The monoisotopic (exact) mass is 289 g/mol. The highest BCUT2D eigenvalue weighted by molar-refractivity contribution is 5.82. The number of aryl methyl sites for hydroxylation is 1. The molecule has 0 aliphatic heterocycles. The summed E-state index contributed by atoms with van der Waals surface area (Å²) in [6.45, 7) is 6.28. The van der Waals surface area contributed by atoms with Gasteiger partial charge in [-0.2, -0.15) is 0 Å². The summed E-state index contributed by atoms with van der Waals surface area (Å²) in [7, 11) is 0. The van der Waals surface area contributed by atoms with Crippen molar-refractivity contribution in [2.24, 2.45) is 0 Å². The molecule has 1 fully saturated rings. The van der Waals surface area contributed by atoms with E-state index in [1.54, 1.807) is 0 Å². The fraction of sp³-hybridized carbons (Fsp3) is 0.611. The first kappa shape index (κ1) is 16.0. The molecular formula is C18H27NO2. The van der Waals surface area contributed by atoms with Crippen molar-refractivity contribution in [2.75, 3.05) is 6.61 Å². The first-order valence-electron chi connectivity index (χ1n) is 8.09. The van der Waals surface area contributed by atoms with Crippen LogP contribution in [0.5, 0.6) is 0 Å². The van der Waals surface area contributed by atoms with Gasteiger partial charge in [0.2, 0.25) is 0 Å². The van der Waals surface area contributed by atoms with Crippen molar-refractivity contribution in [2.45, 2.75) is 64.5 Å². The molecule has 1 aliphatic rings. The van der Waals surface area contributed by atoms with Gasteiger partial charge >= 0.3 is 5.97 Å². The van der Waals surface area contributed by atoms with E-state index in [-0.39, 0.29) is 5.97 Å². The summed E-state index contributed by atoms with van der Waals surface area (Å²) in [6, 6.07) is 8.47. The van der Waals surface area contributed by atoms with Crippen LogP contribution in [0.15, 0.2) is 24.3 Å². The quantitative estimate of drug-likeness (QED) is 0.840. The molecule has 1 aromatic carbocycles. The van der Waals surface area contributed by atoms with Gasteiger partial charge in [-0.05, 0) is 44.7 Å². The summed E-state index contributed by atoms with van der Waals surface area (Å²) in [6.07, 6.45) is 6.06. The first-order chi connectivity index (χ1) is 10.1. The van der Waals surface area contributed by atoms with Gasteiger partial charge < -0.3 is 4.74 Å². The van der Waals surface area contributed by atoms with Crippen molar-refractivity contribution in [3.8, 4) is 0 Å². The first-order valence-corrected chi connectivity index (χ1v) is 8.09. The van der Waals surface area contributed by atoms with Gasteiger partial charge in [-0.15, -0.1) is 0 Å². The average Bonchev–Trinajstić information content (AvgIpc) is 2.48. The molecule has 0 bridgehead atoms. The number of hydrogen-bond acceptors (Lipinski definition) is 3. The molecule has 0 spiro atoms. The van der Waals surface area contributed by atoms with Crippen LogP contribution in [0.4, 0.5) is 0 Å². The van der Waals surface area contributed by atoms with E-state index < -0.39 is 5.54 Å². The highest BCUT2D eigenvalue weighted by Gasteiger charge is 2.39. The van der Waals surface area contributed by atoms with E-state index in [0.29, 0.717) is 12.6 Å². The van der Waals surface area contributed by atoms with Gasteiger partial charge in [-0.1, -0.05) is 43.5 Å². The third-order valence-electron chi connectivity index (χ3n) is 4.47. The van der Waals surface area contributed by atoms with Gasteiger partial charge in [0.1, 0.15) is 5.54 Å². The summed E-state index contributed by atoms with van der Waals surface area (Å²) in [5, 5.41) is 3.60. The Morgan fingerprint density at radius 3 is 2.57 bits per heavy atom. The fourth-order valence-electron chi connectivity index (χ4n) is 3.31. The van der Waals surface area contributed by atoms with Gasteiger partial charge in [0.05, 0.1) is 6.61 Å². The van der Waals surface area contributed by atoms with Crippen LogP contribution in [-0.2, 0) is 15.1 Å². The van der Waals surface area contributed by atoms with Crippen LogP contribution >= 0.6 is 0 Å². The minimum Gasteiger partial charge on any atom is -0.464 e. The molecule has 0 aromatic heterocycles. The smallest absolute Gasteiger partial charge is 0.330 e. The standard InChI is InChI=1S/C18H27NO2/c1-4-21-17(20)18(3,16-13-9-8-10-14(16)2)19-15-11-6-5-7-12-15/h8-10,13,15,19H,4-7,11-12H2,1-3H3. The van der Waals surface area contributed by atoms with E-state index in [4.69, 9.17) is 4.74 Å². The number of carbonyl (C=O) groups excluding carboxylic acids is 1. The van der Waals surface area contributed by atoms with Crippen LogP contribution < -0.4 is 5.32 Å². The maximum absolute atomic E-state index is 12.6. The van der Waals surface area contributed by atoms with Gasteiger partial charge in [-0.3, -0.25) is 5.32 Å². The van der Waals surface area contributed by atoms with E-state index in [1.807, 2.05) is 32.0 Å². The molecular weight excluding hydrogens is 262 g/mol. The lowest BCUT2D eigenvalue weighted by Gasteiger charge is -2.36. The SMILES string of the molecule is CCOC(=O)C(C)(NC1CCCCC1)c1ccccc1C. The molecule has 3 heteroatoms. The maximum atomic E-state index is 12.6. The molecule has 1 aromatic rings. The Hall–Kier alpha value is -1.35. The van der Waals surface area contributed by atoms with Crippen molar-refractivity contribution in [1.29, 1.82) is 0 Å². The Labute approximate surface area is 128 Å². The Kier molecular flexibility index (Phi) is 5.40. The van der Waals surface area contributed by atoms with E-state index in [9.17, 15) is 4.79 Å². The van der Waals surface area contributed by atoms with Crippen LogP contribution in [0, 0.1) is 6.92 Å². The van der Waals surface area contributed by atoms with Crippen molar-refractivity contribution < 1.29 is 9.53 Å². The summed E-state index contributed by atoms with van der Waals surface area (Å²) >= 11 is 0. The number of rotatable bonds is 5. The lowest BCUT2D eigenvalue weighted by atomic mass is 9.85. The zero-order chi connectivity index (χ0) is 15.3. The number of esters is 1. The lowest BCUT2D eigenvalue weighted by Crippen LogP contribution is -2.53. The van der Waals surface area contributed by atoms with Crippen LogP contribution in [-0.4, -0.2) is 18.6 Å². The Balaban J connectivity index is 2.29. The number of carbonyl (C=O) groups is 1. The van der Waals surface area contributed by atoms with E-state index in [2.05, 4.69) is 18.3 Å². The second-order valence-electron chi connectivity index (χ2n) is 6.14. The minimum absolute atomic E-state index is 0.176. The normalized spacial score (nSPS) is 19.0. The Morgan fingerprint density at radius 2 is 1.95 bits per heavy atom. The molecule has 1 unspecified atom stereocenters. The Morgan fingerprint density at radius 1 is 1.29 bits per heavy atom. The molecule has 1 aliphatic carbocycles. The van der Waals surface area contributed by atoms with Crippen molar-refractivity contribution >= 4 is 5.97 Å². The number of hydrogen-bond donors (Lipinski definition) is 1. The van der Waals surface area contributed by atoms with Crippen LogP contribution in [0.3, 0.4) is 0 Å². The zero-order valence-electron chi connectivity index (χ0n) is 13.4. The van der Waals surface area contributed by atoms with Crippen molar-refractivity contribution in [3.63, 3.8) is 0 Å². The van der Waals surface area contributed by atoms with Gasteiger partial charge in [-0.25, -0.2) is 4.79 Å². The second-order valence-corrected chi connectivity index (χ2v) is 6.14. The van der Waals surface area contributed by atoms with Gasteiger partial charge in [0.15, 0.2) is 0 Å². The van der Waals surface area contributed by atoms with E-state index >= 15 is 0 Å². The summed E-state index contributed by atoms with van der Waals surface area (Å²) in [5.41, 5.74) is 1.38. The van der Waals surface area contributed by atoms with Crippen molar-refractivity contribution in [1.82, 2.24) is 5.32 Å². The maximum Gasteiger partial charge on any atom is 0.330 e. The zero-order valence-corrected chi connectivity index (χ0v) is 13.4. The second kappa shape index (κ2) is 7.08. The van der Waals surface area contributed by atoms with E-state index in [0.717, 1.165) is 24.0 Å². The number of ether oxygens (including phenoxy) is 1. The van der Waals surface area contributed by atoms with Crippen LogP contribution in [0.25, 0.3) is 0 Å². The molecule has 1 saturated carbocycles. The summed E-state index contributed by atoms with van der Waals surface area (Å²) in [4.78, 5) is 12.6. The molecule has 2 rings (SSSR count). The number of nitrogens with one attached hydrogen (secondary N) is 1. The fourth-order valence-corrected chi connectivity index (χ4v) is 3.31. The minimum atomic E-state index is -0.761. The van der Waals surface area contributed by atoms with Crippen LogP contribution in [0.1, 0.15) is 57.1 Å². The third-order valence-corrected chi connectivity index (χ3v) is 4.47. The third kappa shape index (κ3) is 3.65. The predicted molar refractivity (Wildman–Crippen MR) is 85.2 cm³/mol. The molecule has 3 nitrogen and oxygen atoms in total. The van der Waals surface area contributed by atoms with Crippen molar-refractivity contribution in [3.05, 3.63) is 35.4 Å². The van der Waals surface area contributed by atoms with Crippen LogP contribution in [0.2, 0.25) is 0 Å². The summed E-state index contributed by atoms with van der Waals surface area (Å²) in [5.74, 6) is -0.176. The molecule has 1 N–H and O–H groups in total. The summed E-state index contributed by atoms with van der Waals surface area (Å²) < 4.78 is 5.36. The van der Waals surface area contributed by atoms with Gasteiger partial charge in [0.25, 0.3) is 0 Å². The molecule has 0 saturated heterocycles. The molecule has 21 heavy (non-hydrogen) atoms. The molecule has 1 atom stereocenters. The topological polar surface area (TPSA) is 38.3 Å². The highest BCUT2D eigenvalue weighted by Crippen LogP contribution is 2.29. The molecule has 116 valence electrons. The molecule has 0 amide bonds.